The van der Waals surface area contributed by atoms with Crippen LogP contribution in [0.1, 0.15) is 36.6 Å². The van der Waals surface area contributed by atoms with E-state index in [9.17, 15) is 13.2 Å². The van der Waals surface area contributed by atoms with E-state index in [-0.39, 0.29) is 5.56 Å². The second-order valence-electron chi connectivity index (χ2n) is 6.94. The van der Waals surface area contributed by atoms with Crippen molar-refractivity contribution < 1.29 is 13.2 Å². The van der Waals surface area contributed by atoms with Gasteiger partial charge in [0.05, 0.1) is 22.7 Å². The molecular weight excluding hydrogens is 325 g/mol. The van der Waals surface area contributed by atoms with Crippen LogP contribution in [0.3, 0.4) is 0 Å². The Morgan fingerprint density at radius 1 is 1.04 bits per heavy atom. The fraction of sp³-hybridized carbons (Fsp3) is 0.250. The number of hydrogen-bond donors (Lipinski definition) is 1. The van der Waals surface area contributed by atoms with Gasteiger partial charge in [-0.25, -0.2) is 4.39 Å². The molecule has 0 saturated heterocycles. The Hall–Kier alpha value is -2.40. The van der Waals surface area contributed by atoms with Gasteiger partial charge in [0.2, 0.25) is 0 Å². The molecule has 5 heteroatoms. The Morgan fingerprint density at radius 2 is 1.80 bits per heavy atom. The van der Waals surface area contributed by atoms with E-state index in [0.717, 1.165) is 22.5 Å². The minimum Gasteiger partial charge on any atom is -0.295 e. The third-order valence-corrected chi connectivity index (χ3v) is 4.91. The first-order valence-corrected chi connectivity index (χ1v) is 8.10. The van der Waals surface area contributed by atoms with Crippen molar-refractivity contribution in [2.45, 2.75) is 31.4 Å². The summed E-state index contributed by atoms with van der Waals surface area (Å²) in [6, 6.07) is 13.0. The van der Waals surface area contributed by atoms with Gasteiger partial charge >= 0.3 is 0 Å². The van der Waals surface area contributed by atoms with Crippen molar-refractivity contribution in [1.82, 2.24) is 10.3 Å². The van der Waals surface area contributed by atoms with E-state index in [0.29, 0.717) is 0 Å². The monoisotopic (exact) mass is 342 g/mol. The van der Waals surface area contributed by atoms with Gasteiger partial charge in [-0.1, -0.05) is 30.3 Å². The van der Waals surface area contributed by atoms with Crippen LogP contribution in [0.25, 0.3) is 10.9 Å². The highest BCUT2D eigenvalue weighted by Crippen LogP contribution is 2.49. The lowest BCUT2D eigenvalue weighted by Crippen LogP contribution is -2.58. The standard InChI is InChI=1S/C20H17F3N2/c1-19(2)20(22,23)17-14(7-5-8-15(17)21)18(25-19)13-10-12-6-3-4-9-16(12)24-11-13/h3-11,18,25H,1-2H3. The number of nitrogens with zero attached hydrogens (tertiary/aromatic N) is 1. The Kier molecular flexibility index (Phi) is 3.41. The predicted molar refractivity (Wildman–Crippen MR) is 91.1 cm³/mol. The molecule has 1 unspecified atom stereocenters. The first-order valence-electron chi connectivity index (χ1n) is 8.10. The van der Waals surface area contributed by atoms with Crippen molar-refractivity contribution in [2.75, 3.05) is 0 Å². The van der Waals surface area contributed by atoms with Crippen molar-refractivity contribution in [3.63, 3.8) is 0 Å². The number of fused-ring (bicyclic) bond motifs is 2. The summed E-state index contributed by atoms with van der Waals surface area (Å²) < 4.78 is 44.0. The number of pyridine rings is 1. The summed E-state index contributed by atoms with van der Waals surface area (Å²) in [6.07, 6.45) is 1.66. The second kappa shape index (κ2) is 5.30. The minimum atomic E-state index is -3.32. The van der Waals surface area contributed by atoms with Gasteiger partial charge in [-0.05, 0) is 43.2 Å². The van der Waals surface area contributed by atoms with E-state index in [2.05, 4.69) is 10.3 Å². The topological polar surface area (TPSA) is 24.9 Å². The van der Waals surface area contributed by atoms with E-state index in [4.69, 9.17) is 0 Å². The molecule has 1 aliphatic rings. The lowest BCUT2D eigenvalue weighted by Gasteiger charge is -2.44. The molecule has 1 aliphatic heterocycles. The molecule has 2 aromatic carbocycles. The molecule has 0 bridgehead atoms. The lowest BCUT2D eigenvalue weighted by molar-refractivity contribution is -0.0978. The first-order chi connectivity index (χ1) is 11.8. The van der Waals surface area contributed by atoms with Crippen molar-refractivity contribution in [2.24, 2.45) is 0 Å². The van der Waals surface area contributed by atoms with Crippen LogP contribution in [0, 0.1) is 5.82 Å². The zero-order chi connectivity index (χ0) is 17.8. The molecule has 3 aromatic rings. The van der Waals surface area contributed by atoms with Crippen LogP contribution >= 0.6 is 0 Å². The van der Waals surface area contributed by atoms with E-state index >= 15 is 0 Å². The predicted octanol–water partition coefficient (Wildman–Crippen LogP) is 4.94. The van der Waals surface area contributed by atoms with E-state index in [1.165, 1.54) is 19.9 Å². The van der Waals surface area contributed by atoms with Crippen LogP contribution in [0.15, 0.2) is 54.7 Å². The lowest BCUT2D eigenvalue weighted by atomic mass is 9.78. The van der Waals surface area contributed by atoms with Crippen molar-refractivity contribution >= 4 is 10.9 Å². The normalized spacial score (nSPS) is 21.1. The maximum Gasteiger partial charge on any atom is 0.293 e. The minimum absolute atomic E-state index is 0.251. The van der Waals surface area contributed by atoms with E-state index in [1.54, 1.807) is 12.3 Å². The molecule has 4 rings (SSSR count). The van der Waals surface area contributed by atoms with Crippen LogP contribution in [0.2, 0.25) is 0 Å². The smallest absolute Gasteiger partial charge is 0.293 e. The highest BCUT2D eigenvalue weighted by atomic mass is 19.3. The highest BCUT2D eigenvalue weighted by molar-refractivity contribution is 5.79. The fourth-order valence-electron chi connectivity index (χ4n) is 3.46. The fourth-order valence-corrected chi connectivity index (χ4v) is 3.46. The molecule has 0 aliphatic carbocycles. The molecule has 0 amide bonds. The number of hydrogen-bond acceptors (Lipinski definition) is 2. The van der Waals surface area contributed by atoms with Crippen LogP contribution in [0.5, 0.6) is 0 Å². The van der Waals surface area contributed by atoms with Gasteiger partial charge in [0, 0.05) is 11.6 Å². The number of para-hydroxylation sites is 1. The summed E-state index contributed by atoms with van der Waals surface area (Å²) in [4.78, 5) is 4.41. The van der Waals surface area contributed by atoms with E-state index < -0.39 is 28.9 Å². The van der Waals surface area contributed by atoms with Crippen LogP contribution in [-0.4, -0.2) is 10.5 Å². The Labute approximate surface area is 143 Å². The first kappa shape index (κ1) is 16.1. The molecule has 2 nitrogen and oxygen atoms in total. The SMILES string of the molecule is CC1(C)NC(c2cnc3ccccc3c2)c2cccc(F)c2C1(F)F. The number of nitrogens with one attached hydrogen (secondary N) is 1. The average molecular weight is 342 g/mol. The van der Waals surface area contributed by atoms with Gasteiger partial charge < -0.3 is 0 Å². The molecule has 0 spiro atoms. The Morgan fingerprint density at radius 3 is 2.60 bits per heavy atom. The van der Waals surface area contributed by atoms with Crippen molar-refractivity contribution in [3.05, 3.63) is 77.2 Å². The molecule has 1 aromatic heterocycles. The summed E-state index contributed by atoms with van der Waals surface area (Å²) in [6.45, 7) is 2.79. The van der Waals surface area contributed by atoms with E-state index in [1.807, 2.05) is 30.3 Å². The molecule has 128 valence electrons. The van der Waals surface area contributed by atoms with Crippen LogP contribution in [-0.2, 0) is 5.92 Å². The molecule has 1 atom stereocenters. The summed E-state index contributed by atoms with van der Waals surface area (Å²) in [5.41, 5.74) is -0.322. The summed E-state index contributed by atoms with van der Waals surface area (Å²) in [5.74, 6) is -4.20. The van der Waals surface area contributed by atoms with Crippen molar-refractivity contribution in [3.8, 4) is 0 Å². The average Bonchev–Trinajstić information content (AvgIpc) is 2.58. The zero-order valence-corrected chi connectivity index (χ0v) is 13.9. The second-order valence-corrected chi connectivity index (χ2v) is 6.94. The quantitative estimate of drug-likeness (QED) is 0.678. The third-order valence-electron chi connectivity index (χ3n) is 4.91. The number of benzene rings is 2. The Bertz CT molecular complexity index is 966. The third kappa shape index (κ3) is 2.34. The molecule has 1 N–H and O–H groups in total. The van der Waals surface area contributed by atoms with Gasteiger partial charge in [-0.3, -0.25) is 10.3 Å². The number of aromatic nitrogens is 1. The molecule has 2 heterocycles. The highest BCUT2D eigenvalue weighted by Gasteiger charge is 2.55. The van der Waals surface area contributed by atoms with Crippen LogP contribution in [0.4, 0.5) is 13.2 Å². The van der Waals surface area contributed by atoms with Gasteiger partial charge in [0.25, 0.3) is 5.92 Å². The maximum absolute atomic E-state index is 14.9. The summed E-state index contributed by atoms with van der Waals surface area (Å²) >= 11 is 0. The van der Waals surface area contributed by atoms with Crippen LogP contribution < -0.4 is 5.32 Å². The van der Waals surface area contributed by atoms with Gasteiger partial charge in [0.1, 0.15) is 5.82 Å². The van der Waals surface area contributed by atoms with Gasteiger partial charge in [-0.2, -0.15) is 8.78 Å². The summed E-state index contributed by atoms with van der Waals surface area (Å²) in [5, 5.41) is 3.90. The molecule has 0 saturated carbocycles. The van der Waals surface area contributed by atoms with Gasteiger partial charge in [-0.15, -0.1) is 0 Å². The summed E-state index contributed by atoms with van der Waals surface area (Å²) in [7, 11) is 0. The largest absolute Gasteiger partial charge is 0.295 e. The molecule has 0 radical (unpaired) electrons. The van der Waals surface area contributed by atoms with Crippen molar-refractivity contribution in [1.29, 1.82) is 0 Å². The number of halogens is 3. The number of alkyl halides is 2. The Balaban J connectivity index is 1.94. The molecule has 0 fully saturated rings. The molecule has 25 heavy (non-hydrogen) atoms. The maximum atomic E-state index is 14.9. The number of rotatable bonds is 1. The van der Waals surface area contributed by atoms with Gasteiger partial charge in [0.15, 0.2) is 0 Å². The zero-order valence-electron chi connectivity index (χ0n) is 13.9. The molecular formula is C20H17F3N2.